The highest BCUT2D eigenvalue weighted by atomic mass is 16.4. The van der Waals surface area contributed by atoms with Crippen LogP contribution in [0.5, 0.6) is 0 Å². The van der Waals surface area contributed by atoms with Crippen molar-refractivity contribution in [3.63, 3.8) is 0 Å². The van der Waals surface area contributed by atoms with Crippen LogP contribution in [0.1, 0.15) is 38.4 Å². The van der Waals surface area contributed by atoms with E-state index in [2.05, 4.69) is 20.6 Å². The van der Waals surface area contributed by atoms with Gasteiger partial charge in [0.1, 0.15) is 11.9 Å². The molecule has 0 fully saturated rings. The summed E-state index contributed by atoms with van der Waals surface area (Å²) in [7, 11) is 0. The molecule has 0 bridgehead atoms. The van der Waals surface area contributed by atoms with Crippen LogP contribution in [0.2, 0.25) is 0 Å². The normalized spacial score (nSPS) is 11.8. The Morgan fingerprint density at radius 3 is 2.85 bits per heavy atom. The van der Waals surface area contributed by atoms with Gasteiger partial charge >= 0.3 is 12.0 Å². The minimum absolute atomic E-state index is 0.437. The van der Waals surface area contributed by atoms with E-state index in [1.807, 2.05) is 6.92 Å². The van der Waals surface area contributed by atoms with E-state index in [0.717, 1.165) is 31.5 Å². The van der Waals surface area contributed by atoms with Crippen LogP contribution >= 0.6 is 0 Å². The number of aromatic nitrogens is 2. The van der Waals surface area contributed by atoms with Crippen molar-refractivity contribution >= 4 is 12.0 Å². The number of imidazole rings is 1. The molecule has 0 spiro atoms. The van der Waals surface area contributed by atoms with Crippen molar-refractivity contribution in [2.24, 2.45) is 0 Å². The number of urea groups is 1. The van der Waals surface area contributed by atoms with Crippen molar-refractivity contribution < 1.29 is 14.7 Å². The molecule has 0 aromatic carbocycles. The van der Waals surface area contributed by atoms with Crippen molar-refractivity contribution in [2.75, 3.05) is 6.54 Å². The Morgan fingerprint density at radius 2 is 2.25 bits per heavy atom. The fraction of sp³-hybridized carbons (Fsp3) is 0.615. The second kappa shape index (κ2) is 8.95. The van der Waals surface area contributed by atoms with Gasteiger partial charge in [-0.2, -0.15) is 0 Å². The van der Waals surface area contributed by atoms with Gasteiger partial charge in [-0.3, -0.25) is 0 Å². The van der Waals surface area contributed by atoms with Crippen LogP contribution in [-0.4, -0.2) is 39.7 Å². The number of hydrogen-bond donors (Lipinski definition) is 4. The molecule has 112 valence electrons. The summed E-state index contributed by atoms with van der Waals surface area (Å²) in [5.41, 5.74) is 0. The van der Waals surface area contributed by atoms with Gasteiger partial charge in [0.2, 0.25) is 0 Å². The first-order valence-corrected chi connectivity index (χ1v) is 6.89. The number of rotatable bonds is 9. The third-order valence-electron chi connectivity index (χ3n) is 2.88. The second-order valence-corrected chi connectivity index (χ2v) is 4.57. The molecule has 1 rings (SSSR count). The number of carboxylic acid groups (broad SMARTS) is 1. The highest BCUT2D eigenvalue weighted by Gasteiger charge is 2.18. The molecule has 20 heavy (non-hydrogen) atoms. The first-order chi connectivity index (χ1) is 9.63. The number of hydrogen-bond acceptors (Lipinski definition) is 3. The summed E-state index contributed by atoms with van der Waals surface area (Å²) in [5.74, 6) is -0.122. The smallest absolute Gasteiger partial charge is 0.326 e. The summed E-state index contributed by atoms with van der Waals surface area (Å²) < 4.78 is 0. The monoisotopic (exact) mass is 282 g/mol. The number of unbranched alkanes of at least 4 members (excludes halogenated alkanes) is 1. The zero-order valence-corrected chi connectivity index (χ0v) is 11.7. The fourth-order valence-electron chi connectivity index (χ4n) is 1.77. The van der Waals surface area contributed by atoms with Crippen molar-refractivity contribution in [2.45, 2.75) is 45.1 Å². The number of nitrogens with zero attached hydrogens (tertiary/aromatic N) is 1. The first-order valence-electron chi connectivity index (χ1n) is 6.89. The molecule has 1 aromatic rings. The van der Waals surface area contributed by atoms with Crippen LogP contribution in [0.25, 0.3) is 0 Å². The molecular weight excluding hydrogens is 260 g/mol. The molecule has 1 atom stereocenters. The summed E-state index contributed by atoms with van der Waals surface area (Å²) in [5, 5.41) is 14.1. The molecule has 0 aliphatic carbocycles. The van der Waals surface area contributed by atoms with E-state index >= 15 is 0 Å². The summed E-state index contributed by atoms with van der Waals surface area (Å²) in [6, 6.07) is -1.26. The van der Waals surface area contributed by atoms with E-state index in [1.165, 1.54) is 0 Å². The van der Waals surface area contributed by atoms with Gasteiger partial charge in [0.25, 0.3) is 0 Å². The molecule has 0 aliphatic rings. The third-order valence-corrected chi connectivity index (χ3v) is 2.88. The van der Waals surface area contributed by atoms with Gasteiger partial charge in [0, 0.05) is 25.4 Å². The van der Waals surface area contributed by atoms with Gasteiger partial charge in [-0.25, -0.2) is 14.6 Å². The molecule has 0 saturated carbocycles. The SMILES string of the molecule is CCCCC(NC(=O)NCCCc1ncc[nH]1)C(=O)O. The summed E-state index contributed by atoms with van der Waals surface area (Å²) >= 11 is 0. The van der Waals surface area contributed by atoms with Crippen molar-refractivity contribution in [3.8, 4) is 0 Å². The van der Waals surface area contributed by atoms with E-state index in [9.17, 15) is 9.59 Å². The number of carbonyl (C=O) groups excluding carboxylic acids is 1. The molecule has 2 amide bonds. The van der Waals surface area contributed by atoms with Crippen LogP contribution in [0, 0.1) is 0 Å². The molecular formula is C13H22N4O3. The molecule has 4 N–H and O–H groups in total. The summed E-state index contributed by atoms with van der Waals surface area (Å²) in [6.07, 6.45) is 7.04. The van der Waals surface area contributed by atoms with Crippen molar-refractivity contribution in [1.82, 2.24) is 20.6 Å². The van der Waals surface area contributed by atoms with Crippen LogP contribution < -0.4 is 10.6 Å². The van der Waals surface area contributed by atoms with Crippen molar-refractivity contribution in [3.05, 3.63) is 18.2 Å². The van der Waals surface area contributed by atoms with Crippen LogP contribution in [0.3, 0.4) is 0 Å². The number of aryl methyl sites for hydroxylation is 1. The molecule has 1 unspecified atom stereocenters. The van der Waals surface area contributed by atoms with E-state index in [0.29, 0.717) is 13.0 Å². The molecule has 0 radical (unpaired) electrons. The summed E-state index contributed by atoms with van der Waals surface area (Å²) in [4.78, 5) is 29.6. The van der Waals surface area contributed by atoms with Gasteiger partial charge in [-0.05, 0) is 12.8 Å². The molecule has 7 heteroatoms. The lowest BCUT2D eigenvalue weighted by Crippen LogP contribution is -2.46. The zero-order valence-electron chi connectivity index (χ0n) is 11.7. The number of H-pyrrole nitrogens is 1. The van der Waals surface area contributed by atoms with E-state index in [-0.39, 0.29) is 0 Å². The predicted molar refractivity (Wildman–Crippen MR) is 74.4 cm³/mol. The molecule has 1 aromatic heterocycles. The van der Waals surface area contributed by atoms with Crippen LogP contribution in [0.4, 0.5) is 4.79 Å². The average Bonchev–Trinajstić information content (AvgIpc) is 2.92. The number of amides is 2. The Bertz CT molecular complexity index is 406. The van der Waals surface area contributed by atoms with Gasteiger partial charge in [0.05, 0.1) is 0 Å². The van der Waals surface area contributed by atoms with E-state index in [1.54, 1.807) is 12.4 Å². The number of carboxylic acids is 1. The van der Waals surface area contributed by atoms with Crippen LogP contribution in [0.15, 0.2) is 12.4 Å². The second-order valence-electron chi connectivity index (χ2n) is 4.57. The molecule has 0 saturated heterocycles. The Balaban J connectivity index is 2.18. The van der Waals surface area contributed by atoms with Gasteiger partial charge in [-0.15, -0.1) is 0 Å². The number of carbonyl (C=O) groups is 2. The average molecular weight is 282 g/mol. The largest absolute Gasteiger partial charge is 0.480 e. The Labute approximate surface area is 118 Å². The Hall–Kier alpha value is -2.05. The van der Waals surface area contributed by atoms with Crippen molar-refractivity contribution in [1.29, 1.82) is 0 Å². The maximum atomic E-state index is 11.6. The lowest BCUT2D eigenvalue weighted by atomic mass is 10.1. The van der Waals surface area contributed by atoms with Gasteiger partial charge in [-0.1, -0.05) is 19.8 Å². The maximum Gasteiger partial charge on any atom is 0.326 e. The quantitative estimate of drug-likeness (QED) is 0.512. The molecule has 7 nitrogen and oxygen atoms in total. The highest BCUT2D eigenvalue weighted by Crippen LogP contribution is 2.00. The molecule has 1 heterocycles. The first kappa shape index (κ1) is 16.0. The Kier molecular flexibility index (Phi) is 7.16. The standard InChI is InChI=1S/C13H22N4O3/c1-2-3-5-10(12(18)19)17-13(20)16-7-4-6-11-14-8-9-15-11/h8-10H,2-7H2,1H3,(H,14,15)(H,18,19)(H2,16,17,20). The number of nitrogens with one attached hydrogen (secondary N) is 3. The molecule has 0 aliphatic heterocycles. The summed E-state index contributed by atoms with van der Waals surface area (Å²) in [6.45, 7) is 2.46. The van der Waals surface area contributed by atoms with Gasteiger partial charge in [0.15, 0.2) is 0 Å². The minimum Gasteiger partial charge on any atom is -0.480 e. The number of aromatic amines is 1. The van der Waals surface area contributed by atoms with E-state index < -0.39 is 18.0 Å². The minimum atomic E-state index is -0.996. The lowest BCUT2D eigenvalue weighted by molar-refractivity contribution is -0.139. The van der Waals surface area contributed by atoms with Gasteiger partial charge < -0.3 is 20.7 Å². The van der Waals surface area contributed by atoms with E-state index in [4.69, 9.17) is 5.11 Å². The topological polar surface area (TPSA) is 107 Å². The van der Waals surface area contributed by atoms with Crippen LogP contribution in [-0.2, 0) is 11.2 Å². The number of aliphatic carboxylic acids is 1. The third kappa shape index (κ3) is 6.21. The fourth-order valence-corrected chi connectivity index (χ4v) is 1.77. The predicted octanol–water partition coefficient (Wildman–Crippen LogP) is 1.28. The zero-order chi connectivity index (χ0) is 14.8. The lowest BCUT2D eigenvalue weighted by Gasteiger charge is -2.14. The maximum absolute atomic E-state index is 11.6. The Morgan fingerprint density at radius 1 is 1.45 bits per heavy atom. The highest BCUT2D eigenvalue weighted by molar-refractivity contribution is 5.82.